The number of hydrogen-bond donors (Lipinski definition) is 2. The van der Waals surface area contributed by atoms with E-state index in [1.54, 1.807) is 0 Å². The van der Waals surface area contributed by atoms with Gasteiger partial charge in [0.25, 0.3) is 0 Å². The van der Waals surface area contributed by atoms with E-state index in [0.717, 1.165) is 18.2 Å². The molecule has 0 aromatic heterocycles. The molecule has 0 aliphatic rings. The molecule has 2 aromatic rings. The highest BCUT2D eigenvalue weighted by atomic mass is 35.5. The maximum absolute atomic E-state index is 13.9. The molecule has 0 aliphatic heterocycles. The summed E-state index contributed by atoms with van der Waals surface area (Å²) < 4.78 is 52.1. The lowest BCUT2D eigenvalue weighted by Gasteiger charge is -2.19. The second-order valence-electron chi connectivity index (χ2n) is 4.39. The molecule has 0 radical (unpaired) electrons. The lowest BCUT2D eigenvalue weighted by atomic mass is 9.97. The minimum Gasteiger partial charge on any atom is -0.271 e. The number of hydrazine groups is 1. The molecule has 1 unspecified atom stereocenters. The molecule has 21 heavy (non-hydrogen) atoms. The molecule has 0 amide bonds. The molecule has 1 atom stereocenters. The fourth-order valence-electron chi connectivity index (χ4n) is 2.00. The van der Waals surface area contributed by atoms with Crippen LogP contribution in [0.2, 0.25) is 5.02 Å². The molecule has 0 fully saturated rings. The van der Waals surface area contributed by atoms with Gasteiger partial charge in [-0.1, -0.05) is 23.7 Å². The fourth-order valence-corrected chi connectivity index (χ4v) is 2.18. The van der Waals surface area contributed by atoms with Gasteiger partial charge in [-0.25, -0.2) is 9.82 Å². The first kappa shape index (κ1) is 15.8. The number of rotatable bonds is 3. The van der Waals surface area contributed by atoms with Crippen LogP contribution in [0.4, 0.5) is 17.6 Å². The summed E-state index contributed by atoms with van der Waals surface area (Å²) >= 11 is 5.79. The first-order valence-corrected chi connectivity index (χ1v) is 6.29. The van der Waals surface area contributed by atoms with Crippen LogP contribution < -0.4 is 11.3 Å². The molecule has 2 rings (SSSR count). The summed E-state index contributed by atoms with van der Waals surface area (Å²) in [5, 5.41) is 0.263. The highest BCUT2D eigenvalue weighted by Gasteiger charge is 2.31. The van der Waals surface area contributed by atoms with Gasteiger partial charge in [-0.05, 0) is 35.9 Å². The van der Waals surface area contributed by atoms with Crippen LogP contribution in [0.15, 0.2) is 42.5 Å². The minimum atomic E-state index is -4.48. The second kappa shape index (κ2) is 6.01. The lowest BCUT2D eigenvalue weighted by molar-refractivity contribution is -0.137. The molecule has 0 bridgehead atoms. The molecule has 0 spiro atoms. The van der Waals surface area contributed by atoms with Gasteiger partial charge >= 0.3 is 6.18 Å². The van der Waals surface area contributed by atoms with Crippen LogP contribution in [0.25, 0.3) is 0 Å². The van der Waals surface area contributed by atoms with Crippen molar-refractivity contribution in [1.29, 1.82) is 0 Å². The van der Waals surface area contributed by atoms with E-state index in [0.29, 0.717) is 0 Å². The Morgan fingerprint density at radius 1 is 1.10 bits per heavy atom. The summed E-state index contributed by atoms with van der Waals surface area (Å²) in [5.41, 5.74) is 1.75. The number of nitrogens with one attached hydrogen (secondary N) is 1. The summed E-state index contributed by atoms with van der Waals surface area (Å²) in [6.45, 7) is 0. The standard InChI is InChI=1S/C14H11ClF4N2/c15-10-4-5-12(16)11(7-10)13(21-20)8-2-1-3-9(6-8)14(17,18)19/h1-7,13,21H,20H2. The topological polar surface area (TPSA) is 38.0 Å². The largest absolute Gasteiger partial charge is 0.416 e. The normalized spacial score (nSPS) is 13.2. The van der Waals surface area contributed by atoms with Gasteiger partial charge in [0.15, 0.2) is 0 Å². The monoisotopic (exact) mass is 318 g/mol. The SMILES string of the molecule is NNC(c1cccc(C(F)(F)F)c1)c1cc(Cl)ccc1F. The Balaban J connectivity index is 2.49. The Bertz CT molecular complexity index is 643. The Kier molecular flexibility index (Phi) is 4.51. The molecule has 0 saturated carbocycles. The predicted molar refractivity (Wildman–Crippen MR) is 72.0 cm³/mol. The number of alkyl halides is 3. The van der Waals surface area contributed by atoms with Crippen LogP contribution in [-0.4, -0.2) is 0 Å². The molecular formula is C14H11ClF4N2. The van der Waals surface area contributed by atoms with Crippen molar-refractivity contribution in [2.24, 2.45) is 5.84 Å². The molecule has 0 aliphatic carbocycles. The van der Waals surface area contributed by atoms with Crippen molar-refractivity contribution < 1.29 is 17.6 Å². The van der Waals surface area contributed by atoms with E-state index in [4.69, 9.17) is 17.4 Å². The smallest absolute Gasteiger partial charge is 0.271 e. The van der Waals surface area contributed by atoms with Crippen LogP contribution in [0.1, 0.15) is 22.7 Å². The Morgan fingerprint density at radius 3 is 2.43 bits per heavy atom. The van der Waals surface area contributed by atoms with Crippen LogP contribution in [0.5, 0.6) is 0 Å². The first-order chi connectivity index (χ1) is 9.82. The van der Waals surface area contributed by atoms with E-state index in [1.807, 2.05) is 0 Å². The van der Waals surface area contributed by atoms with Crippen molar-refractivity contribution >= 4 is 11.6 Å². The fraction of sp³-hybridized carbons (Fsp3) is 0.143. The maximum Gasteiger partial charge on any atom is 0.416 e. The van der Waals surface area contributed by atoms with Gasteiger partial charge < -0.3 is 0 Å². The zero-order chi connectivity index (χ0) is 15.6. The lowest BCUT2D eigenvalue weighted by Crippen LogP contribution is -2.29. The van der Waals surface area contributed by atoms with Crippen LogP contribution in [-0.2, 0) is 6.18 Å². The summed E-state index contributed by atoms with van der Waals surface area (Å²) in [4.78, 5) is 0. The number of halogens is 5. The molecular weight excluding hydrogens is 308 g/mol. The summed E-state index contributed by atoms with van der Waals surface area (Å²) in [6.07, 6.45) is -4.48. The van der Waals surface area contributed by atoms with E-state index < -0.39 is 23.6 Å². The third-order valence-corrected chi connectivity index (χ3v) is 3.22. The Labute approximate surface area is 123 Å². The molecule has 0 saturated heterocycles. The third-order valence-electron chi connectivity index (χ3n) is 2.98. The molecule has 2 aromatic carbocycles. The highest BCUT2D eigenvalue weighted by molar-refractivity contribution is 6.30. The van der Waals surface area contributed by atoms with Gasteiger partial charge in [0, 0.05) is 10.6 Å². The quantitative estimate of drug-likeness (QED) is 0.509. The van der Waals surface area contributed by atoms with Crippen LogP contribution >= 0.6 is 11.6 Å². The predicted octanol–water partition coefficient (Wildman–Crippen LogP) is 4.05. The molecule has 2 nitrogen and oxygen atoms in total. The van der Waals surface area contributed by atoms with Gasteiger partial charge in [0.05, 0.1) is 11.6 Å². The van der Waals surface area contributed by atoms with E-state index in [1.165, 1.54) is 24.3 Å². The number of nitrogens with two attached hydrogens (primary N) is 1. The van der Waals surface area contributed by atoms with Gasteiger partial charge in [0.2, 0.25) is 0 Å². The maximum atomic E-state index is 13.9. The van der Waals surface area contributed by atoms with Gasteiger partial charge in [-0.2, -0.15) is 13.2 Å². The number of benzene rings is 2. The second-order valence-corrected chi connectivity index (χ2v) is 4.83. The van der Waals surface area contributed by atoms with Crippen LogP contribution in [0.3, 0.4) is 0 Å². The van der Waals surface area contributed by atoms with Crippen molar-refractivity contribution in [1.82, 2.24) is 5.43 Å². The first-order valence-electron chi connectivity index (χ1n) is 5.91. The molecule has 7 heteroatoms. The Morgan fingerprint density at radius 2 is 1.81 bits per heavy atom. The van der Waals surface area contributed by atoms with Gasteiger partial charge in [-0.15, -0.1) is 0 Å². The van der Waals surface area contributed by atoms with Crippen LogP contribution in [0, 0.1) is 5.82 Å². The van der Waals surface area contributed by atoms with E-state index in [9.17, 15) is 17.6 Å². The van der Waals surface area contributed by atoms with Crippen molar-refractivity contribution in [3.8, 4) is 0 Å². The Hall–Kier alpha value is -1.63. The summed E-state index contributed by atoms with van der Waals surface area (Å²) in [5.74, 6) is 4.76. The summed E-state index contributed by atoms with van der Waals surface area (Å²) in [6, 6.07) is 7.39. The van der Waals surface area contributed by atoms with E-state index in [-0.39, 0.29) is 16.1 Å². The third kappa shape index (κ3) is 3.53. The number of hydrogen-bond acceptors (Lipinski definition) is 2. The van der Waals surface area contributed by atoms with E-state index in [2.05, 4.69) is 5.43 Å². The zero-order valence-corrected chi connectivity index (χ0v) is 11.3. The summed E-state index contributed by atoms with van der Waals surface area (Å²) in [7, 11) is 0. The minimum absolute atomic E-state index is 0.0734. The zero-order valence-electron chi connectivity index (χ0n) is 10.6. The molecule has 0 heterocycles. The highest BCUT2D eigenvalue weighted by Crippen LogP contribution is 2.33. The van der Waals surface area contributed by atoms with E-state index >= 15 is 0 Å². The average Bonchev–Trinajstić information content (AvgIpc) is 2.43. The molecule has 112 valence electrons. The molecule has 3 N–H and O–H groups in total. The van der Waals surface area contributed by atoms with Crippen molar-refractivity contribution in [3.63, 3.8) is 0 Å². The van der Waals surface area contributed by atoms with Gasteiger partial charge in [-0.3, -0.25) is 5.84 Å². The van der Waals surface area contributed by atoms with Crippen molar-refractivity contribution in [3.05, 3.63) is 70.0 Å². The van der Waals surface area contributed by atoms with Gasteiger partial charge in [0.1, 0.15) is 5.82 Å². The van der Waals surface area contributed by atoms with Crippen molar-refractivity contribution in [2.75, 3.05) is 0 Å². The van der Waals surface area contributed by atoms with Crippen molar-refractivity contribution in [2.45, 2.75) is 12.2 Å². The average molecular weight is 319 g/mol.